The smallest absolute Gasteiger partial charge is 0.162 e. The number of nitrogens with zero attached hydrogens (tertiary/aromatic N) is 2. The third-order valence-electron chi connectivity index (χ3n) is 3.07. The minimum Gasteiger partial charge on any atom is -0.373 e. The summed E-state index contributed by atoms with van der Waals surface area (Å²) in [6, 6.07) is 4.65. The summed E-state index contributed by atoms with van der Waals surface area (Å²) in [6.45, 7) is 5.81. The Kier molecular flexibility index (Phi) is 3.28. The maximum Gasteiger partial charge on any atom is 0.162 e. The fourth-order valence-corrected chi connectivity index (χ4v) is 1.83. The van der Waals surface area contributed by atoms with Crippen molar-refractivity contribution in [1.82, 2.24) is 9.97 Å². The van der Waals surface area contributed by atoms with Gasteiger partial charge in [0.15, 0.2) is 5.82 Å². The molecule has 1 N–H and O–H groups in total. The van der Waals surface area contributed by atoms with Gasteiger partial charge in [-0.3, -0.25) is 0 Å². The first-order valence-electron chi connectivity index (χ1n) is 5.82. The Labute approximate surface area is 106 Å². The molecule has 0 saturated heterocycles. The molecular weight excluding hydrogens is 229 g/mol. The number of anilines is 1. The quantitative estimate of drug-likeness (QED) is 0.882. The number of aromatic nitrogens is 2. The van der Waals surface area contributed by atoms with E-state index >= 15 is 0 Å². The molecule has 18 heavy (non-hydrogen) atoms. The van der Waals surface area contributed by atoms with Crippen molar-refractivity contribution in [3.63, 3.8) is 0 Å². The van der Waals surface area contributed by atoms with Crippen LogP contribution in [0.4, 0.5) is 10.2 Å². The van der Waals surface area contributed by atoms with E-state index in [1.54, 1.807) is 6.07 Å². The van der Waals surface area contributed by atoms with Crippen LogP contribution in [0.15, 0.2) is 18.2 Å². The molecule has 0 aliphatic heterocycles. The van der Waals surface area contributed by atoms with Crippen molar-refractivity contribution >= 4 is 5.82 Å². The minimum atomic E-state index is -0.275. The van der Waals surface area contributed by atoms with Gasteiger partial charge in [0, 0.05) is 23.9 Å². The molecule has 0 fully saturated rings. The van der Waals surface area contributed by atoms with Gasteiger partial charge in [0.25, 0.3) is 0 Å². The fourth-order valence-electron chi connectivity index (χ4n) is 1.83. The van der Waals surface area contributed by atoms with Crippen molar-refractivity contribution in [2.24, 2.45) is 0 Å². The van der Waals surface area contributed by atoms with Crippen molar-refractivity contribution in [3.05, 3.63) is 40.8 Å². The van der Waals surface area contributed by atoms with Crippen LogP contribution in [0.2, 0.25) is 0 Å². The maximum atomic E-state index is 13.3. The lowest BCUT2D eigenvalue weighted by molar-refractivity contribution is 0.627. The molecular formula is C14H16FN3. The highest BCUT2D eigenvalue weighted by atomic mass is 19.1. The standard InChI is InChI=1S/C14H16FN3/c1-8-5-6-11(15)7-12(8)14-17-10(3)9(2)13(16-4)18-14/h5-7H,1-4H3,(H,16,17,18). The lowest BCUT2D eigenvalue weighted by Gasteiger charge is -2.11. The number of hydrogen-bond acceptors (Lipinski definition) is 3. The molecule has 0 atom stereocenters. The summed E-state index contributed by atoms with van der Waals surface area (Å²) in [5.74, 6) is 1.06. The molecule has 0 unspecified atom stereocenters. The number of hydrogen-bond donors (Lipinski definition) is 1. The molecule has 2 rings (SSSR count). The van der Waals surface area contributed by atoms with E-state index in [1.807, 2.05) is 27.8 Å². The highest BCUT2D eigenvalue weighted by molar-refractivity contribution is 5.63. The predicted molar refractivity (Wildman–Crippen MR) is 71.2 cm³/mol. The van der Waals surface area contributed by atoms with E-state index in [0.717, 1.165) is 28.2 Å². The second-order valence-electron chi connectivity index (χ2n) is 4.32. The first kappa shape index (κ1) is 12.5. The summed E-state index contributed by atoms with van der Waals surface area (Å²) in [6.07, 6.45) is 0. The molecule has 1 aromatic carbocycles. The average molecular weight is 245 g/mol. The molecule has 0 amide bonds. The van der Waals surface area contributed by atoms with Gasteiger partial charge in [0.05, 0.1) is 0 Å². The topological polar surface area (TPSA) is 37.8 Å². The number of rotatable bonds is 2. The summed E-state index contributed by atoms with van der Waals surface area (Å²) in [5.41, 5.74) is 3.60. The van der Waals surface area contributed by atoms with Crippen molar-refractivity contribution in [1.29, 1.82) is 0 Å². The zero-order valence-electron chi connectivity index (χ0n) is 11.0. The Balaban J connectivity index is 2.64. The first-order valence-corrected chi connectivity index (χ1v) is 5.82. The van der Waals surface area contributed by atoms with E-state index in [2.05, 4.69) is 15.3 Å². The van der Waals surface area contributed by atoms with Gasteiger partial charge in [-0.2, -0.15) is 0 Å². The number of aryl methyl sites for hydroxylation is 2. The van der Waals surface area contributed by atoms with Gasteiger partial charge >= 0.3 is 0 Å². The largest absolute Gasteiger partial charge is 0.373 e. The molecule has 0 spiro atoms. The van der Waals surface area contributed by atoms with Gasteiger partial charge in [-0.1, -0.05) is 6.07 Å². The fraction of sp³-hybridized carbons (Fsp3) is 0.286. The van der Waals surface area contributed by atoms with Gasteiger partial charge in [-0.05, 0) is 38.5 Å². The molecule has 1 aromatic heterocycles. The first-order chi connectivity index (χ1) is 8.52. The van der Waals surface area contributed by atoms with Gasteiger partial charge in [0.2, 0.25) is 0 Å². The Hall–Kier alpha value is -1.97. The lowest BCUT2D eigenvalue weighted by atomic mass is 10.1. The van der Waals surface area contributed by atoms with E-state index in [4.69, 9.17) is 0 Å². The minimum absolute atomic E-state index is 0.275. The van der Waals surface area contributed by atoms with Gasteiger partial charge in [-0.15, -0.1) is 0 Å². The Morgan fingerprint density at radius 2 is 1.83 bits per heavy atom. The van der Waals surface area contributed by atoms with Crippen molar-refractivity contribution < 1.29 is 4.39 Å². The maximum absolute atomic E-state index is 13.3. The van der Waals surface area contributed by atoms with Crippen LogP contribution in [0.5, 0.6) is 0 Å². The van der Waals surface area contributed by atoms with E-state index in [1.165, 1.54) is 12.1 Å². The molecule has 4 heteroatoms. The zero-order chi connectivity index (χ0) is 13.3. The third-order valence-corrected chi connectivity index (χ3v) is 3.07. The molecule has 0 aliphatic carbocycles. The molecule has 0 aliphatic rings. The van der Waals surface area contributed by atoms with E-state index in [0.29, 0.717) is 5.82 Å². The second-order valence-corrected chi connectivity index (χ2v) is 4.32. The SMILES string of the molecule is CNc1nc(-c2cc(F)ccc2C)nc(C)c1C. The van der Waals surface area contributed by atoms with Crippen LogP contribution in [0.25, 0.3) is 11.4 Å². The molecule has 0 saturated carbocycles. The van der Waals surface area contributed by atoms with E-state index < -0.39 is 0 Å². The summed E-state index contributed by atoms with van der Waals surface area (Å²) in [5, 5.41) is 3.04. The number of halogens is 1. The molecule has 3 nitrogen and oxygen atoms in total. The van der Waals surface area contributed by atoms with Crippen molar-refractivity contribution in [2.45, 2.75) is 20.8 Å². The molecule has 94 valence electrons. The van der Waals surface area contributed by atoms with Crippen LogP contribution in [0.1, 0.15) is 16.8 Å². The summed E-state index contributed by atoms with van der Waals surface area (Å²) < 4.78 is 13.3. The highest BCUT2D eigenvalue weighted by Gasteiger charge is 2.11. The van der Waals surface area contributed by atoms with Crippen LogP contribution >= 0.6 is 0 Å². The predicted octanol–water partition coefficient (Wildman–Crippen LogP) is 3.25. The number of nitrogens with one attached hydrogen (secondary N) is 1. The Bertz CT molecular complexity index is 594. The molecule has 0 bridgehead atoms. The van der Waals surface area contributed by atoms with E-state index in [-0.39, 0.29) is 5.82 Å². The van der Waals surface area contributed by atoms with Crippen LogP contribution in [0, 0.1) is 26.6 Å². The van der Waals surface area contributed by atoms with Crippen LogP contribution in [0.3, 0.4) is 0 Å². The normalized spacial score (nSPS) is 10.5. The molecule has 1 heterocycles. The third kappa shape index (κ3) is 2.18. The number of benzene rings is 1. The summed E-state index contributed by atoms with van der Waals surface area (Å²) >= 11 is 0. The Morgan fingerprint density at radius 1 is 1.11 bits per heavy atom. The van der Waals surface area contributed by atoms with Crippen molar-refractivity contribution in [3.8, 4) is 11.4 Å². The molecule has 2 aromatic rings. The van der Waals surface area contributed by atoms with Crippen molar-refractivity contribution in [2.75, 3.05) is 12.4 Å². The summed E-state index contributed by atoms with van der Waals surface area (Å²) in [4.78, 5) is 8.87. The van der Waals surface area contributed by atoms with E-state index in [9.17, 15) is 4.39 Å². The Morgan fingerprint density at radius 3 is 2.50 bits per heavy atom. The van der Waals surface area contributed by atoms with Gasteiger partial charge in [0.1, 0.15) is 11.6 Å². The average Bonchev–Trinajstić information content (AvgIpc) is 2.35. The van der Waals surface area contributed by atoms with Gasteiger partial charge in [-0.25, -0.2) is 14.4 Å². The monoisotopic (exact) mass is 245 g/mol. The van der Waals surface area contributed by atoms with Gasteiger partial charge < -0.3 is 5.32 Å². The second kappa shape index (κ2) is 4.72. The van der Waals surface area contributed by atoms with Crippen LogP contribution < -0.4 is 5.32 Å². The lowest BCUT2D eigenvalue weighted by Crippen LogP contribution is -2.03. The highest BCUT2D eigenvalue weighted by Crippen LogP contribution is 2.24. The van der Waals surface area contributed by atoms with Crippen LogP contribution in [-0.4, -0.2) is 17.0 Å². The summed E-state index contributed by atoms with van der Waals surface area (Å²) in [7, 11) is 1.82. The molecule has 0 radical (unpaired) electrons. The zero-order valence-corrected chi connectivity index (χ0v) is 11.0. The van der Waals surface area contributed by atoms with Crippen LogP contribution in [-0.2, 0) is 0 Å².